The average molecular weight is 346 g/mol. The van der Waals surface area contributed by atoms with Gasteiger partial charge < -0.3 is 0 Å². The van der Waals surface area contributed by atoms with Gasteiger partial charge in [0.1, 0.15) is 0 Å². The fourth-order valence-corrected chi connectivity index (χ4v) is 3.30. The van der Waals surface area contributed by atoms with E-state index in [0.29, 0.717) is 17.7 Å². The predicted octanol–water partition coefficient (Wildman–Crippen LogP) is 4.39. The van der Waals surface area contributed by atoms with E-state index < -0.39 is 0 Å². The molecule has 4 heteroatoms. The summed E-state index contributed by atoms with van der Waals surface area (Å²) in [6.07, 6.45) is 2.94. The van der Waals surface area contributed by atoms with E-state index in [2.05, 4.69) is 22.9 Å². The molecular weight excluding hydrogens is 330 g/mol. The molecule has 0 radical (unpaired) electrons. The van der Waals surface area contributed by atoms with Gasteiger partial charge in [0.25, 0.3) is 11.8 Å². The summed E-state index contributed by atoms with van der Waals surface area (Å²) < 4.78 is 0.906. The molecule has 1 heterocycles. The number of unbranched alkanes of at least 4 members (excludes halogenated alkanes) is 2. The van der Waals surface area contributed by atoms with Crippen LogP contribution < -0.4 is 0 Å². The van der Waals surface area contributed by atoms with Crippen LogP contribution in [0.4, 0.5) is 0 Å². The van der Waals surface area contributed by atoms with Crippen molar-refractivity contribution in [2.24, 2.45) is 0 Å². The SMILES string of the molecule is CCCCCN1C(=O)c2cccc3c(Br)ccc(c23)C1=O. The standard InChI is InChI=1S/C17H16BrNO2/c1-2-3-4-10-19-16(20)12-7-5-6-11-14(18)9-8-13(15(11)12)17(19)21/h5-9H,2-4,10H2,1H3. The van der Waals surface area contributed by atoms with Crippen LogP contribution >= 0.6 is 15.9 Å². The molecule has 0 fully saturated rings. The minimum absolute atomic E-state index is 0.174. The van der Waals surface area contributed by atoms with E-state index in [4.69, 9.17) is 0 Å². The Labute approximate surface area is 132 Å². The summed E-state index contributed by atoms with van der Waals surface area (Å²) in [4.78, 5) is 26.6. The molecule has 108 valence electrons. The lowest BCUT2D eigenvalue weighted by atomic mass is 9.94. The van der Waals surface area contributed by atoms with E-state index in [0.717, 1.165) is 34.5 Å². The molecule has 0 spiro atoms. The fraction of sp³-hybridized carbons (Fsp3) is 0.294. The Morgan fingerprint density at radius 1 is 1.00 bits per heavy atom. The zero-order chi connectivity index (χ0) is 15.0. The van der Waals surface area contributed by atoms with Crippen LogP contribution in [0.1, 0.15) is 46.9 Å². The first-order valence-electron chi connectivity index (χ1n) is 7.22. The first-order valence-corrected chi connectivity index (χ1v) is 8.02. The second-order valence-electron chi connectivity index (χ2n) is 5.29. The lowest BCUT2D eigenvalue weighted by molar-refractivity contribution is 0.0608. The number of rotatable bonds is 4. The highest BCUT2D eigenvalue weighted by molar-refractivity contribution is 9.10. The van der Waals surface area contributed by atoms with E-state index in [9.17, 15) is 9.59 Å². The van der Waals surface area contributed by atoms with Crippen LogP contribution in [0.25, 0.3) is 10.8 Å². The number of halogens is 1. The first-order chi connectivity index (χ1) is 10.1. The summed E-state index contributed by atoms with van der Waals surface area (Å²) in [7, 11) is 0. The van der Waals surface area contributed by atoms with Crippen molar-refractivity contribution < 1.29 is 9.59 Å². The van der Waals surface area contributed by atoms with Crippen molar-refractivity contribution in [1.29, 1.82) is 0 Å². The van der Waals surface area contributed by atoms with Crippen molar-refractivity contribution >= 4 is 38.5 Å². The molecule has 3 nitrogen and oxygen atoms in total. The zero-order valence-electron chi connectivity index (χ0n) is 11.9. The quantitative estimate of drug-likeness (QED) is 0.608. The van der Waals surface area contributed by atoms with Crippen LogP contribution in [0.15, 0.2) is 34.8 Å². The Morgan fingerprint density at radius 3 is 2.43 bits per heavy atom. The number of carbonyl (C=O) groups excluding carboxylic acids is 2. The minimum atomic E-state index is -0.174. The van der Waals surface area contributed by atoms with Crippen LogP contribution in [-0.2, 0) is 0 Å². The van der Waals surface area contributed by atoms with Crippen LogP contribution in [0.3, 0.4) is 0 Å². The third kappa shape index (κ3) is 2.27. The van der Waals surface area contributed by atoms with Gasteiger partial charge in [-0.05, 0) is 30.0 Å². The van der Waals surface area contributed by atoms with E-state index in [1.54, 1.807) is 12.1 Å². The largest absolute Gasteiger partial charge is 0.274 e. The average Bonchev–Trinajstić information content (AvgIpc) is 2.49. The molecule has 3 rings (SSSR count). The Kier molecular flexibility index (Phi) is 3.81. The molecule has 1 aliphatic rings. The molecule has 0 N–H and O–H groups in total. The molecule has 1 aliphatic heterocycles. The molecule has 0 bridgehead atoms. The summed E-state index contributed by atoms with van der Waals surface area (Å²) in [5, 5.41) is 1.69. The molecule has 0 saturated heterocycles. The van der Waals surface area contributed by atoms with Crippen LogP contribution in [0.2, 0.25) is 0 Å². The van der Waals surface area contributed by atoms with Crippen molar-refractivity contribution in [2.75, 3.05) is 6.54 Å². The van der Waals surface area contributed by atoms with Gasteiger partial charge in [-0.1, -0.05) is 47.8 Å². The molecule has 0 aliphatic carbocycles. The van der Waals surface area contributed by atoms with Crippen molar-refractivity contribution in [3.8, 4) is 0 Å². The molecule has 2 aromatic carbocycles. The predicted molar refractivity (Wildman–Crippen MR) is 86.5 cm³/mol. The van der Waals surface area contributed by atoms with Gasteiger partial charge in [-0.2, -0.15) is 0 Å². The van der Waals surface area contributed by atoms with E-state index >= 15 is 0 Å². The molecule has 0 aromatic heterocycles. The second-order valence-corrected chi connectivity index (χ2v) is 6.15. The van der Waals surface area contributed by atoms with Gasteiger partial charge in [0.2, 0.25) is 0 Å². The maximum Gasteiger partial charge on any atom is 0.261 e. The normalized spacial score (nSPS) is 14.1. The summed E-state index contributed by atoms with van der Waals surface area (Å²) >= 11 is 3.49. The lowest BCUT2D eigenvalue weighted by Gasteiger charge is -2.27. The molecule has 0 unspecified atom stereocenters. The van der Waals surface area contributed by atoms with Gasteiger partial charge >= 0.3 is 0 Å². The van der Waals surface area contributed by atoms with Gasteiger partial charge in [-0.15, -0.1) is 0 Å². The lowest BCUT2D eigenvalue weighted by Crippen LogP contribution is -2.40. The van der Waals surface area contributed by atoms with Gasteiger partial charge in [0.15, 0.2) is 0 Å². The van der Waals surface area contributed by atoms with Gasteiger partial charge in [-0.25, -0.2) is 0 Å². The van der Waals surface area contributed by atoms with Crippen LogP contribution in [-0.4, -0.2) is 23.3 Å². The summed E-state index contributed by atoms with van der Waals surface area (Å²) in [6.45, 7) is 2.60. The molecule has 21 heavy (non-hydrogen) atoms. The van der Waals surface area contributed by atoms with Crippen LogP contribution in [0, 0.1) is 0 Å². The number of nitrogens with zero attached hydrogens (tertiary/aromatic N) is 1. The van der Waals surface area contributed by atoms with Crippen LogP contribution in [0.5, 0.6) is 0 Å². The maximum absolute atomic E-state index is 12.6. The number of amides is 2. The minimum Gasteiger partial charge on any atom is -0.274 e. The monoisotopic (exact) mass is 345 g/mol. The highest BCUT2D eigenvalue weighted by atomic mass is 79.9. The Bertz CT molecular complexity index is 717. The molecule has 0 saturated carbocycles. The topological polar surface area (TPSA) is 37.4 Å². The Morgan fingerprint density at radius 2 is 1.71 bits per heavy atom. The number of carbonyl (C=O) groups is 2. The van der Waals surface area contributed by atoms with E-state index in [1.807, 2.05) is 18.2 Å². The molecule has 2 aromatic rings. The molecule has 2 amide bonds. The number of benzene rings is 2. The Balaban J connectivity index is 2.11. The third-order valence-electron chi connectivity index (χ3n) is 3.92. The fourth-order valence-electron chi connectivity index (χ4n) is 2.83. The summed E-state index contributed by atoms with van der Waals surface area (Å²) in [5.41, 5.74) is 1.25. The van der Waals surface area contributed by atoms with E-state index in [-0.39, 0.29) is 11.8 Å². The van der Waals surface area contributed by atoms with Crippen molar-refractivity contribution in [3.05, 3.63) is 45.9 Å². The first kappa shape index (κ1) is 14.3. The highest BCUT2D eigenvalue weighted by Gasteiger charge is 2.32. The van der Waals surface area contributed by atoms with Gasteiger partial charge in [0.05, 0.1) is 0 Å². The smallest absolute Gasteiger partial charge is 0.261 e. The molecule has 0 atom stereocenters. The highest BCUT2D eigenvalue weighted by Crippen LogP contribution is 2.34. The number of hydrogen-bond donors (Lipinski definition) is 0. The van der Waals surface area contributed by atoms with E-state index in [1.165, 1.54) is 4.90 Å². The number of imide groups is 1. The zero-order valence-corrected chi connectivity index (χ0v) is 13.4. The Hall–Kier alpha value is -1.68. The third-order valence-corrected chi connectivity index (χ3v) is 4.62. The van der Waals surface area contributed by atoms with Crippen molar-refractivity contribution in [3.63, 3.8) is 0 Å². The van der Waals surface area contributed by atoms with Gasteiger partial charge in [0, 0.05) is 27.5 Å². The second kappa shape index (κ2) is 5.60. The molecular formula is C17H16BrNO2. The summed E-state index contributed by atoms with van der Waals surface area (Å²) in [6, 6.07) is 9.28. The van der Waals surface area contributed by atoms with Crippen molar-refractivity contribution in [2.45, 2.75) is 26.2 Å². The van der Waals surface area contributed by atoms with Crippen molar-refractivity contribution in [1.82, 2.24) is 4.90 Å². The summed E-state index contributed by atoms with van der Waals surface area (Å²) in [5.74, 6) is -0.348. The number of hydrogen-bond acceptors (Lipinski definition) is 2. The van der Waals surface area contributed by atoms with Gasteiger partial charge in [-0.3, -0.25) is 14.5 Å². The maximum atomic E-state index is 12.6.